The second-order valence-electron chi connectivity index (χ2n) is 10.3. The fourth-order valence-electron chi connectivity index (χ4n) is 3.90. The molecule has 0 bridgehead atoms. The number of hydrogen-bond acceptors (Lipinski definition) is 6. The Hall–Kier alpha value is -3.54. The Morgan fingerprint density at radius 2 is 1.67 bits per heavy atom. The number of nitrogens with zero attached hydrogens (tertiary/aromatic N) is 1. The number of unbranched alkanes of at least 4 members (excludes halogenated alkanes) is 4. The highest BCUT2D eigenvalue weighted by Crippen LogP contribution is 2.24. The van der Waals surface area contributed by atoms with Crippen molar-refractivity contribution < 1.29 is 28.7 Å². The molecule has 0 heterocycles. The molecule has 39 heavy (non-hydrogen) atoms. The number of carbonyl (C=O) groups excluding carboxylic acids is 4. The molecule has 1 rings (SSSR count). The molecule has 0 spiro atoms. The maximum Gasteiger partial charge on any atom is 0.408 e. The van der Waals surface area contributed by atoms with Gasteiger partial charge in [-0.1, -0.05) is 50.7 Å². The van der Waals surface area contributed by atoms with Crippen LogP contribution >= 0.6 is 0 Å². The summed E-state index contributed by atoms with van der Waals surface area (Å²) in [4.78, 5) is 52.9. The van der Waals surface area contributed by atoms with Gasteiger partial charge in [0.05, 0.1) is 13.0 Å². The molecule has 3 amide bonds. The third-order valence-corrected chi connectivity index (χ3v) is 5.78. The van der Waals surface area contributed by atoms with Gasteiger partial charge in [0, 0.05) is 18.7 Å². The van der Waals surface area contributed by atoms with Crippen LogP contribution in [0.2, 0.25) is 0 Å². The Morgan fingerprint density at radius 3 is 2.23 bits per heavy atom. The molecule has 0 aliphatic heterocycles. The fourth-order valence-corrected chi connectivity index (χ4v) is 3.90. The summed E-state index contributed by atoms with van der Waals surface area (Å²) in [6.45, 7) is 11.2. The van der Waals surface area contributed by atoms with Crippen LogP contribution < -0.4 is 10.6 Å². The first-order chi connectivity index (χ1) is 18.4. The third-order valence-electron chi connectivity index (χ3n) is 5.78. The van der Waals surface area contributed by atoms with Crippen LogP contribution in [0.15, 0.2) is 24.3 Å². The number of hydrogen-bond donors (Lipinski definition) is 2. The van der Waals surface area contributed by atoms with Gasteiger partial charge in [-0.25, -0.2) is 4.79 Å². The van der Waals surface area contributed by atoms with E-state index < -0.39 is 41.6 Å². The Labute approximate surface area is 233 Å². The minimum absolute atomic E-state index is 0.00387. The van der Waals surface area contributed by atoms with Gasteiger partial charge in [-0.2, -0.15) is 0 Å². The van der Waals surface area contributed by atoms with Gasteiger partial charge in [0.25, 0.3) is 0 Å². The number of carbonyl (C=O) groups is 4. The van der Waals surface area contributed by atoms with Crippen LogP contribution in [-0.4, -0.2) is 60.1 Å². The Kier molecular flexibility index (Phi) is 14.7. The lowest BCUT2D eigenvalue weighted by Crippen LogP contribution is -2.52. The fraction of sp³-hybridized carbons (Fsp3) is 0.600. The first-order valence-electron chi connectivity index (χ1n) is 13.7. The van der Waals surface area contributed by atoms with Crippen molar-refractivity contribution in [3.8, 4) is 12.3 Å². The summed E-state index contributed by atoms with van der Waals surface area (Å²) in [5, 5.41) is 5.36. The molecule has 0 aliphatic rings. The topological polar surface area (TPSA) is 114 Å². The Balaban J connectivity index is 3.28. The van der Waals surface area contributed by atoms with Crippen LogP contribution in [0.3, 0.4) is 0 Å². The maximum atomic E-state index is 13.7. The number of benzene rings is 1. The monoisotopic (exact) mass is 543 g/mol. The highest BCUT2D eigenvalue weighted by molar-refractivity contribution is 5.92. The predicted octanol–water partition coefficient (Wildman–Crippen LogP) is 4.49. The summed E-state index contributed by atoms with van der Waals surface area (Å²) < 4.78 is 10.3. The van der Waals surface area contributed by atoms with Crippen molar-refractivity contribution in [3.05, 3.63) is 35.4 Å². The van der Waals surface area contributed by atoms with Crippen LogP contribution in [-0.2, 0) is 23.9 Å². The summed E-state index contributed by atoms with van der Waals surface area (Å²) in [5.41, 5.74) is 0.470. The molecule has 1 aromatic rings. The van der Waals surface area contributed by atoms with E-state index in [1.165, 1.54) is 4.90 Å². The molecule has 0 fully saturated rings. The van der Waals surface area contributed by atoms with Crippen molar-refractivity contribution in [3.63, 3.8) is 0 Å². The van der Waals surface area contributed by atoms with Gasteiger partial charge < -0.3 is 25.0 Å². The standard InChI is InChI=1S/C30H45N3O6/c1-8-11-12-13-14-21-33(28(36)22(4)32-29(37)39-30(5,6)7)26(24-17-15-23(9-2)16-18-24)27(35)31-20-19-25(34)38-10-3/h2,15-18,22,26H,8,10-14,19-21H2,1,3-7H3,(H,31,35)(H,32,37). The van der Waals surface area contributed by atoms with Crippen LogP contribution in [0.1, 0.15) is 97.2 Å². The van der Waals surface area contributed by atoms with Crippen molar-refractivity contribution >= 4 is 23.9 Å². The van der Waals surface area contributed by atoms with Crippen molar-refractivity contribution in [2.45, 2.75) is 97.8 Å². The van der Waals surface area contributed by atoms with Gasteiger partial charge in [0.2, 0.25) is 11.8 Å². The van der Waals surface area contributed by atoms with Crippen LogP contribution in [0.4, 0.5) is 4.79 Å². The van der Waals surface area contributed by atoms with E-state index in [2.05, 4.69) is 23.5 Å². The van der Waals surface area contributed by atoms with Crippen molar-refractivity contribution in [1.29, 1.82) is 0 Å². The molecule has 2 unspecified atom stereocenters. The highest BCUT2D eigenvalue weighted by atomic mass is 16.6. The lowest BCUT2D eigenvalue weighted by Gasteiger charge is -2.34. The third kappa shape index (κ3) is 12.7. The highest BCUT2D eigenvalue weighted by Gasteiger charge is 2.34. The molecule has 0 saturated carbocycles. The second kappa shape index (κ2) is 17.1. The van der Waals surface area contributed by atoms with E-state index in [0.29, 0.717) is 24.1 Å². The molecular formula is C30H45N3O6. The van der Waals surface area contributed by atoms with E-state index in [0.717, 1.165) is 25.7 Å². The number of terminal acetylenes is 1. The van der Waals surface area contributed by atoms with Gasteiger partial charge in [-0.15, -0.1) is 6.42 Å². The predicted molar refractivity (Wildman–Crippen MR) is 151 cm³/mol. The summed E-state index contributed by atoms with van der Waals surface area (Å²) in [6, 6.07) is 4.90. The van der Waals surface area contributed by atoms with Crippen LogP contribution in [0.5, 0.6) is 0 Å². The van der Waals surface area contributed by atoms with E-state index >= 15 is 0 Å². The molecule has 0 radical (unpaired) electrons. The quantitative estimate of drug-likeness (QED) is 0.191. The smallest absolute Gasteiger partial charge is 0.408 e. The minimum atomic E-state index is -0.999. The largest absolute Gasteiger partial charge is 0.466 e. The molecule has 2 atom stereocenters. The molecule has 0 saturated heterocycles. The van der Waals surface area contributed by atoms with Crippen LogP contribution in [0, 0.1) is 12.3 Å². The molecule has 2 N–H and O–H groups in total. The van der Waals surface area contributed by atoms with Crippen molar-refractivity contribution in [2.75, 3.05) is 19.7 Å². The molecule has 0 aliphatic carbocycles. The molecule has 0 aromatic heterocycles. The van der Waals surface area contributed by atoms with E-state index in [4.69, 9.17) is 15.9 Å². The Bertz CT molecular complexity index is 978. The number of ether oxygens (including phenoxy) is 2. The molecule has 9 nitrogen and oxygen atoms in total. The van der Waals surface area contributed by atoms with E-state index in [-0.39, 0.29) is 19.6 Å². The van der Waals surface area contributed by atoms with Gasteiger partial charge in [0.15, 0.2) is 0 Å². The lowest BCUT2D eigenvalue weighted by atomic mass is 10.0. The van der Waals surface area contributed by atoms with E-state index in [9.17, 15) is 19.2 Å². The van der Waals surface area contributed by atoms with Crippen molar-refractivity contribution in [2.24, 2.45) is 0 Å². The van der Waals surface area contributed by atoms with Gasteiger partial charge >= 0.3 is 12.1 Å². The number of alkyl carbamates (subject to hydrolysis) is 1. The van der Waals surface area contributed by atoms with Gasteiger partial charge in [-0.3, -0.25) is 14.4 Å². The van der Waals surface area contributed by atoms with E-state index in [1.54, 1.807) is 58.9 Å². The minimum Gasteiger partial charge on any atom is -0.466 e. The summed E-state index contributed by atoms with van der Waals surface area (Å²) in [6.07, 6.45) is 9.52. The van der Waals surface area contributed by atoms with Crippen LogP contribution in [0.25, 0.3) is 0 Å². The average molecular weight is 544 g/mol. The summed E-state index contributed by atoms with van der Waals surface area (Å²) in [5.74, 6) is 1.25. The molecule has 216 valence electrons. The first-order valence-corrected chi connectivity index (χ1v) is 13.7. The maximum absolute atomic E-state index is 13.7. The number of nitrogens with one attached hydrogen (secondary N) is 2. The van der Waals surface area contributed by atoms with Gasteiger partial charge in [0.1, 0.15) is 17.7 Å². The van der Waals surface area contributed by atoms with Gasteiger partial charge in [-0.05, 0) is 58.7 Å². The Morgan fingerprint density at radius 1 is 1.03 bits per heavy atom. The first kappa shape index (κ1) is 33.5. The zero-order valence-electron chi connectivity index (χ0n) is 24.3. The SMILES string of the molecule is C#Cc1ccc(C(C(=O)NCCC(=O)OCC)N(CCCCCCC)C(=O)C(C)NC(=O)OC(C)(C)C)cc1. The zero-order chi connectivity index (χ0) is 29.4. The average Bonchev–Trinajstić information content (AvgIpc) is 2.86. The lowest BCUT2D eigenvalue weighted by molar-refractivity contribution is -0.144. The number of amides is 3. The zero-order valence-corrected chi connectivity index (χ0v) is 24.3. The number of rotatable bonds is 15. The molecule has 1 aromatic carbocycles. The molecular weight excluding hydrogens is 498 g/mol. The number of esters is 1. The van der Waals surface area contributed by atoms with Crippen molar-refractivity contribution in [1.82, 2.24) is 15.5 Å². The van der Waals surface area contributed by atoms with E-state index in [1.807, 2.05) is 0 Å². The normalized spacial score (nSPS) is 12.4. The summed E-state index contributed by atoms with van der Waals surface area (Å²) in [7, 11) is 0. The summed E-state index contributed by atoms with van der Waals surface area (Å²) >= 11 is 0. The second-order valence-corrected chi connectivity index (χ2v) is 10.3. The molecule has 9 heteroatoms.